The maximum Gasteiger partial charge on any atom is 0.273 e. The maximum absolute atomic E-state index is 12.8. The molecule has 0 unspecified atom stereocenters. The number of nitro benzene ring substituents is 1. The van der Waals surface area contributed by atoms with Crippen molar-refractivity contribution < 1.29 is 9.72 Å². The fourth-order valence-corrected chi connectivity index (χ4v) is 3.44. The van der Waals surface area contributed by atoms with Crippen LogP contribution in [0.5, 0.6) is 0 Å². The maximum atomic E-state index is 12.8. The van der Waals surface area contributed by atoms with Gasteiger partial charge in [-0.05, 0) is 30.7 Å². The van der Waals surface area contributed by atoms with Gasteiger partial charge in [0.05, 0.1) is 4.92 Å². The highest BCUT2D eigenvalue weighted by Gasteiger charge is 2.25. The Morgan fingerprint density at radius 1 is 1.15 bits per heavy atom. The van der Waals surface area contributed by atoms with Crippen LogP contribution < -0.4 is 0 Å². The van der Waals surface area contributed by atoms with E-state index in [4.69, 9.17) is 11.6 Å². The second-order valence-electron chi connectivity index (χ2n) is 6.41. The van der Waals surface area contributed by atoms with E-state index in [0.29, 0.717) is 24.2 Å². The average Bonchev–Trinajstić information content (AvgIpc) is 2.62. The van der Waals surface area contributed by atoms with Crippen molar-refractivity contribution in [2.45, 2.75) is 13.5 Å². The minimum absolute atomic E-state index is 0.0181. The van der Waals surface area contributed by atoms with Crippen molar-refractivity contribution >= 4 is 23.2 Å². The highest BCUT2D eigenvalue weighted by molar-refractivity contribution is 6.30. The number of piperazine rings is 1. The molecule has 1 heterocycles. The van der Waals surface area contributed by atoms with Crippen LogP contribution in [0.25, 0.3) is 0 Å². The number of benzene rings is 2. The van der Waals surface area contributed by atoms with E-state index in [1.54, 1.807) is 24.0 Å². The van der Waals surface area contributed by atoms with Crippen molar-refractivity contribution in [1.82, 2.24) is 9.80 Å². The van der Waals surface area contributed by atoms with E-state index in [0.717, 1.165) is 30.2 Å². The Labute approximate surface area is 157 Å². The van der Waals surface area contributed by atoms with Gasteiger partial charge in [0.1, 0.15) is 0 Å². The first-order valence-corrected chi connectivity index (χ1v) is 8.83. The number of rotatable bonds is 4. The number of carbonyl (C=O) groups excluding carboxylic acids is 1. The fourth-order valence-electron chi connectivity index (χ4n) is 3.23. The number of hydrogen-bond donors (Lipinski definition) is 0. The van der Waals surface area contributed by atoms with E-state index < -0.39 is 4.92 Å². The van der Waals surface area contributed by atoms with Crippen LogP contribution in [0.2, 0.25) is 5.02 Å². The summed E-state index contributed by atoms with van der Waals surface area (Å²) >= 11 is 6.03. The Kier molecular flexibility index (Phi) is 5.54. The standard InChI is InChI=1S/C19H20ClN3O3/c1-14-17(6-3-7-18(14)23(25)26)19(24)22-10-8-21(9-11-22)13-15-4-2-5-16(20)12-15/h2-7,12H,8-11,13H2,1H3. The van der Waals surface area contributed by atoms with E-state index in [1.165, 1.54) is 6.07 Å². The van der Waals surface area contributed by atoms with Crippen molar-refractivity contribution in [2.24, 2.45) is 0 Å². The molecule has 1 saturated heterocycles. The van der Waals surface area contributed by atoms with E-state index in [-0.39, 0.29) is 11.6 Å². The fraction of sp³-hybridized carbons (Fsp3) is 0.316. The normalized spacial score (nSPS) is 15.1. The van der Waals surface area contributed by atoms with E-state index >= 15 is 0 Å². The molecule has 0 N–H and O–H groups in total. The predicted octanol–water partition coefficient (Wildman–Crippen LogP) is 3.51. The summed E-state index contributed by atoms with van der Waals surface area (Å²) in [5.74, 6) is -0.145. The van der Waals surface area contributed by atoms with Gasteiger partial charge in [0.15, 0.2) is 0 Å². The molecule has 2 aromatic carbocycles. The van der Waals surface area contributed by atoms with Gasteiger partial charge in [0.2, 0.25) is 0 Å². The van der Waals surface area contributed by atoms with E-state index in [1.807, 2.05) is 24.3 Å². The molecule has 136 valence electrons. The zero-order valence-electron chi connectivity index (χ0n) is 14.5. The van der Waals surface area contributed by atoms with Gasteiger partial charge < -0.3 is 4.90 Å². The van der Waals surface area contributed by atoms with Crippen LogP contribution in [-0.4, -0.2) is 46.8 Å². The van der Waals surface area contributed by atoms with Crippen LogP contribution in [0.3, 0.4) is 0 Å². The third-order valence-electron chi connectivity index (χ3n) is 4.69. The van der Waals surface area contributed by atoms with Crippen molar-refractivity contribution in [3.63, 3.8) is 0 Å². The molecule has 1 aliphatic rings. The third kappa shape index (κ3) is 4.03. The number of carbonyl (C=O) groups is 1. The molecule has 0 bridgehead atoms. The van der Waals surface area contributed by atoms with Gasteiger partial charge in [0, 0.05) is 54.9 Å². The lowest BCUT2D eigenvalue weighted by Gasteiger charge is -2.35. The summed E-state index contributed by atoms with van der Waals surface area (Å²) in [4.78, 5) is 27.4. The Bertz CT molecular complexity index is 833. The van der Waals surface area contributed by atoms with Crippen molar-refractivity contribution in [3.8, 4) is 0 Å². The topological polar surface area (TPSA) is 66.7 Å². The third-order valence-corrected chi connectivity index (χ3v) is 4.92. The SMILES string of the molecule is Cc1c(C(=O)N2CCN(Cc3cccc(Cl)c3)CC2)cccc1[N+](=O)[O-]. The van der Waals surface area contributed by atoms with Crippen molar-refractivity contribution in [2.75, 3.05) is 26.2 Å². The van der Waals surface area contributed by atoms with Gasteiger partial charge in [-0.15, -0.1) is 0 Å². The summed E-state index contributed by atoms with van der Waals surface area (Å²) in [5.41, 5.74) is 1.95. The predicted molar refractivity (Wildman–Crippen MR) is 100 cm³/mol. The molecule has 1 fully saturated rings. The minimum atomic E-state index is -0.449. The van der Waals surface area contributed by atoms with Crippen LogP contribution in [-0.2, 0) is 6.54 Å². The lowest BCUT2D eigenvalue weighted by atomic mass is 10.1. The van der Waals surface area contributed by atoms with Gasteiger partial charge in [-0.2, -0.15) is 0 Å². The molecule has 0 aromatic heterocycles. The molecule has 0 saturated carbocycles. The minimum Gasteiger partial charge on any atom is -0.336 e. The van der Waals surface area contributed by atoms with Crippen molar-refractivity contribution in [3.05, 3.63) is 74.3 Å². The summed E-state index contributed by atoms with van der Waals surface area (Å²) in [6.45, 7) is 5.13. The number of nitrogens with zero attached hydrogens (tertiary/aromatic N) is 3. The zero-order valence-corrected chi connectivity index (χ0v) is 15.3. The number of hydrogen-bond acceptors (Lipinski definition) is 4. The first kappa shape index (κ1) is 18.4. The molecule has 1 aliphatic heterocycles. The summed E-state index contributed by atoms with van der Waals surface area (Å²) in [6.07, 6.45) is 0. The van der Waals surface area contributed by atoms with Crippen LogP contribution in [0, 0.1) is 17.0 Å². The second-order valence-corrected chi connectivity index (χ2v) is 6.84. The lowest BCUT2D eigenvalue weighted by molar-refractivity contribution is -0.385. The first-order chi connectivity index (χ1) is 12.5. The summed E-state index contributed by atoms with van der Waals surface area (Å²) in [5, 5.41) is 11.8. The molecule has 0 atom stereocenters. The average molecular weight is 374 g/mol. The number of amides is 1. The largest absolute Gasteiger partial charge is 0.336 e. The quantitative estimate of drug-likeness (QED) is 0.607. The van der Waals surface area contributed by atoms with Crippen LogP contribution in [0.4, 0.5) is 5.69 Å². The Morgan fingerprint density at radius 3 is 2.50 bits per heavy atom. The van der Waals surface area contributed by atoms with Gasteiger partial charge in [-0.3, -0.25) is 19.8 Å². The Hall–Kier alpha value is -2.44. The molecule has 3 rings (SSSR count). The van der Waals surface area contributed by atoms with Crippen LogP contribution in [0.15, 0.2) is 42.5 Å². The number of nitro groups is 1. The van der Waals surface area contributed by atoms with E-state index in [2.05, 4.69) is 4.90 Å². The highest BCUT2D eigenvalue weighted by Crippen LogP contribution is 2.23. The smallest absolute Gasteiger partial charge is 0.273 e. The van der Waals surface area contributed by atoms with Gasteiger partial charge >= 0.3 is 0 Å². The molecular weight excluding hydrogens is 354 g/mol. The molecular formula is C19H20ClN3O3. The molecule has 2 aromatic rings. The number of halogens is 1. The Balaban J connectivity index is 1.64. The van der Waals surface area contributed by atoms with Crippen LogP contribution in [0.1, 0.15) is 21.5 Å². The molecule has 1 amide bonds. The highest BCUT2D eigenvalue weighted by atomic mass is 35.5. The van der Waals surface area contributed by atoms with Gasteiger partial charge in [-0.1, -0.05) is 29.8 Å². The summed E-state index contributed by atoms with van der Waals surface area (Å²) in [7, 11) is 0. The van der Waals surface area contributed by atoms with Gasteiger partial charge in [0.25, 0.3) is 11.6 Å². The first-order valence-electron chi connectivity index (χ1n) is 8.46. The van der Waals surface area contributed by atoms with E-state index in [9.17, 15) is 14.9 Å². The molecule has 0 radical (unpaired) electrons. The monoisotopic (exact) mass is 373 g/mol. The van der Waals surface area contributed by atoms with Gasteiger partial charge in [-0.25, -0.2) is 0 Å². The molecule has 0 spiro atoms. The molecule has 0 aliphatic carbocycles. The summed E-state index contributed by atoms with van der Waals surface area (Å²) in [6, 6.07) is 12.4. The summed E-state index contributed by atoms with van der Waals surface area (Å²) < 4.78 is 0. The molecule has 26 heavy (non-hydrogen) atoms. The second kappa shape index (κ2) is 7.85. The zero-order chi connectivity index (χ0) is 18.7. The lowest BCUT2D eigenvalue weighted by Crippen LogP contribution is -2.48. The van der Waals surface area contributed by atoms with Crippen molar-refractivity contribution in [1.29, 1.82) is 0 Å². The molecule has 6 nitrogen and oxygen atoms in total. The Morgan fingerprint density at radius 2 is 1.85 bits per heavy atom. The molecule has 7 heteroatoms. The van der Waals surface area contributed by atoms with Crippen LogP contribution >= 0.6 is 11.6 Å².